The van der Waals surface area contributed by atoms with Gasteiger partial charge in [0.1, 0.15) is 0 Å². The van der Waals surface area contributed by atoms with Crippen LogP contribution in [0.1, 0.15) is 65.7 Å². The topological polar surface area (TPSA) is 15.3 Å². The molecule has 2 fully saturated rings. The molecule has 0 radical (unpaired) electrons. The number of piperidine rings is 1. The monoisotopic (exact) mass is 280 g/mol. The Morgan fingerprint density at radius 1 is 1.15 bits per heavy atom. The lowest BCUT2D eigenvalue weighted by atomic mass is 9.76. The van der Waals surface area contributed by atoms with Crippen LogP contribution in [0.4, 0.5) is 0 Å². The quantitative estimate of drug-likeness (QED) is 0.793. The Labute approximate surface area is 126 Å². The Hall–Kier alpha value is -0.0800. The lowest BCUT2D eigenvalue weighted by Crippen LogP contribution is -2.47. The molecule has 0 aromatic heterocycles. The summed E-state index contributed by atoms with van der Waals surface area (Å²) in [4.78, 5) is 2.76. The van der Waals surface area contributed by atoms with E-state index in [1.807, 2.05) is 0 Å². The van der Waals surface area contributed by atoms with E-state index in [-0.39, 0.29) is 0 Å². The average Bonchev–Trinajstić information content (AvgIpc) is 2.46. The summed E-state index contributed by atoms with van der Waals surface area (Å²) in [5, 5.41) is 3.84. The minimum Gasteiger partial charge on any atom is -0.314 e. The van der Waals surface area contributed by atoms with E-state index in [2.05, 4.69) is 31.0 Å². The van der Waals surface area contributed by atoms with E-state index < -0.39 is 0 Å². The SMILES string of the molecule is CCCNC1CCC(CC)CC1CN1CCCC(C)C1. The predicted octanol–water partition coefficient (Wildman–Crippen LogP) is 3.91. The first kappa shape index (κ1) is 16.3. The highest BCUT2D eigenvalue weighted by Gasteiger charge is 2.31. The van der Waals surface area contributed by atoms with Gasteiger partial charge < -0.3 is 10.2 Å². The second-order valence-corrected chi connectivity index (χ2v) is 7.41. The molecule has 1 aliphatic heterocycles. The van der Waals surface area contributed by atoms with Crippen LogP contribution in [0.3, 0.4) is 0 Å². The van der Waals surface area contributed by atoms with Gasteiger partial charge >= 0.3 is 0 Å². The molecule has 2 aliphatic rings. The molecule has 2 nitrogen and oxygen atoms in total. The second kappa shape index (κ2) is 8.38. The number of nitrogens with one attached hydrogen (secondary N) is 1. The fourth-order valence-corrected chi connectivity index (χ4v) is 4.32. The van der Waals surface area contributed by atoms with E-state index >= 15 is 0 Å². The third kappa shape index (κ3) is 4.73. The van der Waals surface area contributed by atoms with Gasteiger partial charge in [-0.2, -0.15) is 0 Å². The third-order valence-corrected chi connectivity index (χ3v) is 5.56. The molecule has 1 N–H and O–H groups in total. The number of hydrogen-bond acceptors (Lipinski definition) is 2. The number of nitrogens with zero attached hydrogens (tertiary/aromatic N) is 1. The average molecular weight is 280 g/mol. The summed E-state index contributed by atoms with van der Waals surface area (Å²) in [7, 11) is 0. The smallest absolute Gasteiger partial charge is 0.0108 e. The minimum atomic E-state index is 0.787. The predicted molar refractivity (Wildman–Crippen MR) is 88.0 cm³/mol. The van der Waals surface area contributed by atoms with Crippen LogP contribution in [-0.2, 0) is 0 Å². The molecule has 20 heavy (non-hydrogen) atoms. The van der Waals surface area contributed by atoms with Gasteiger partial charge in [-0.25, -0.2) is 0 Å². The molecule has 118 valence electrons. The first-order chi connectivity index (χ1) is 9.72. The van der Waals surface area contributed by atoms with Crippen molar-refractivity contribution in [2.24, 2.45) is 17.8 Å². The van der Waals surface area contributed by atoms with E-state index in [0.29, 0.717) is 0 Å². The molecule has 2 heteroatoms. The van der Waals surface area contributed by atoms with Crippen molar-refractivity contribution >= 4 is 0 Å². The highest BCUT2D eigenvalue weighted by molar-refractivity contribution is 4.87. The Morgan fingerprint density at radius 2 is 2.00 bits per heavy atom. The summed E-state index contributed by atoms with van der Waals surface area (Å²) >= 11 is 0. The van der Waals surface area contributed by atoms with Gasteiger partial charge in [-0.3, -0.25) is 0 Å². The number of likely N-dealkylation sites (tertiary alicyclic amines) is 1. The van der Waals surface area contributed by atoms with Gasteiger partial charge in [-0.05, 0) is 69.4 Å². The molecule has 1 saturated carbocycles. The normalized spacial score (nSPS) is 36.1. The lowest BCUT2D eigenvalue weighted by molar-refractivity contribution is 0.108. The first-order valence-electron chi connectivity index (χ1n) is 9.18. The molecule has 0 bridgehead atoms. The first-order valence-corrected chi connectivity index (χ1v) is 9.18. The van der Waals surface area contributed by atoms with Crippen LogP contribution in [0.25, 0.3) is 0 Å². The molecule has 0 aromatic carbocycles. The maximum absolute atomic E-state index is 3.84. The standard InChI is InChI=1S/C18H36N2/c1-4-10-19-18-9-8-16(5-2)12-17(18)14-20-11-6-7-15(3)13-20/h15-19H,4-14H2,1-3H3. The Balaban J connectivity index is 1.88. The largest absolute Gasteiger partial charge is 0.314 e. The van der Waals surface area contributed by atoms with Crippen molar-refractivity contribution in [3.63, 3.8) is 0 Å². The third-order valence-electron chi connectivity index (χ3n) is 5.56. The van der Waals surface area contributed by atoms with Crippen molar-refractivity contribution in [3.05, 3.63) is 0 Å². The lowest BCUT2D eigenvalue weighted by Gasteiger charge is -2.41. The summed E-state index contributed by atoms with van der Waals surface area (Å²) in [5.41, 5.74) is 0. The van der Waals surface area contributed by atoms with Gasteiger partial charge in [0, 0.05) is 19.1 Å². The fraction of sp³-hybridized carbons (Fsp3) is 1.00. The van der Waals surface area contributed by atoms with E-state index in [1.54, 1.807) is 0 Å². The molecule has 0 amide bonds. The Kier molecular flexibility index (Phi) is 6.83. The zero-order valence-electron chi connectivity index (χ0n) is 14.0. The van der Waals surface area contributed by atoms with Gasteiger partial charge in [0.25, 0.3) is 0 Å². The van der Waals surface area contributed by atoms with Crippen LogP contribution in [-0.4, -0.2) is 37.1 Å². The second-order valence-electron chi connectivity index (χ2n) is 7.41. The van der Waals surface area contributed by atoms with Crippen LogP contribution >= 0.6 is 0 Å². The van der Waals surface area contributed by atoms with Gasteiger partial charge in [0.15, 0.2) is 0 Å². The minimum absolute atomic E-state index is 0.787. The maximum atomic E-state index is 3.84. The summed E-state index contributed by atoms with van der Waals surface area (Å²) in [6, 6.07) is 0.787. The molecular weight excluding hydrogens is 244 g/mol. The van der Waals surface area contributed by atoms with Crippen LogP contribution in [0.2, 0.25) is 0 Å². The van der Waals surface area contributed by atoms with Gasteiger partial charge in [-0.15, -0.1) is 0 Å². The maximum Gasteiger partial charge on any atom is 0.0108 e. The van der Waals surface area contributed by atoms with Crippen LogP contribution in [0, 0.1) is 17.8 Å². The van der Waals surface area contributed by atoms with E-state index in [4.69, 9.17) is 0 Å². The van der Waals surface area contributed by atoms with Crippen molar-refractivity contribution in [1.29, 1.82) is 0 Å². The molecule has 4 unspecified atom stereocenters. The van der Waals surface area contributed by atoms with Crippen molar-refractivity contribution in [2.45, 2.75) is 71.8 Å². The number of rotatable bonds is 6. The van der Waals surface area contributed by atoms with Crippen LogP contribution < -0.4 is 5.32 Å². The molecule has 1 aliphatic carbocycles. The molecule has 1 saturated heterocycles. The van der Waals surface area contributed by atoms with Gasteiger partial charge in [-0.1, -0.05) is 27.2 Å². The highest BCUT2D eigenvalue weighted by Crippen LogP contribution is 2.32. The van der Waals surface area contributed by atoms with Gasteiger partial charge in [0.05, 0.1) is 0 Å². The summed E-state index contributed by atoms with van der Waals surface area (Å²) < 4.78 is 0. The van der Waals surface area contributed by atoms with Crippen molar-refractivity contribution in [1.82, 2.24) is 10.2 Å². The zero-order chi connectivity index (χ0) is 14.4. The van der Waals surface area contributed by atoms with E-state index in [0.717, 1.165) is 23.8 Å². The molecule has 1 heterocycles. The fourth-order valence-electron chi connectivity index (χ4n) is 4.32. The molecule has 4 atom stereocenters. The molecular formula is C18H36N2. The highest BCUT2D eigenvalue weighted by atomic mass is 15.1. The summed E-state index contributed by atoms with van der Waals surface area (Å²) in [5.74, 6) is 2.80. The zero-order valence-corrected chi connectivity index (χ0v) is 14.0. The van der Waals surface area contributed by atoms with Gasteiger partial charge in [0.2, 0.25) is 0 Å². The summed E-state index contributed by atoms with van der Waals surface area (Å²) in [6.07, 6.45) is 9.82. The summed E-state index contributed by atoms with van der Waals surface area (Å²) in [6.45, 7) is 12.3. The number of hydrogen-bond donors (Lipinski definition) is 1. The van der Waals surface area contributed by atoms with Crippen LogP contribution in [0.15, 0.2) is 0 Å². The van der Waals surface area contributed by atoms with Crippen LogP contribution in [0.5, 0.6) is 0 Å². The molecule has 0 aromatic rings. The van der Waals surface area contributed by atoms with Crippen molar-refractivity contribution < 1.29 is 0 Å². The van der Waals surface area contributed by atoms with Crippen molar-refractivity contribution in [2.75, 3.05) is 26.2 Å². The van der Waals surface area contributed by atoms with Crippen molar-refractivity contribution in [3.8, 4) is 0 Å². The molecule has 2 rings (SSSR count). The molecule has 0 spiro atoms. The Bertz CT molecular complexity index is 266. The van der Waals surface area contributed by atoms with E-state index in [1.165, 1.54) is 71.1 Å². The van der Waals surface area contributed by atoms with E-state index in [9.17, 15) is 0 Å². The Morgan fingerprint density at radius 3 is 2.70 bits per heavy atom.